The molecule has 0 N–H and O–H groups in total. The zero-order valence-corrected chi connectivity index (χ0v) is 11.6. The van der Waals surface area contributed by atoms with E-state index >= 15 is 0 Å². The number of hydrogen-bond donors (Lipinski definition) is 0. The molecule has 0 aromatic carbocycles. The first-order valence-corrected chi connectivity index (χ1v) is 7.02. The van der Waals surface area contributed by atoms with Crippen molar-refractivity contribution in [2.75, 3.05) is 0 Å². The van der Waals surface area contributed by atoms with Crippen LogP contribution in [-0.4, -0.2) is 29.6 Å². The number of ether oxygens (including phenoxy) is 2. The van der Waals surface area contributed by atoms with Crippen LogP contribution in [0.4, 0.5) is 0 Å². The number of carbonyl (C=O) groups excluding carboxylic acids is 2. The summed E-state index contributed by atoms with van der Waals surface area (Å²) in [6.07, 6.45) is 5.34. The van der Waals surface area contributed by atoms with Crippen LogP contribution in [0.2, 0.25) is 0 Å². The van der Waals surface area contributed by atoms with Crippen LogP contribution in [0.3, 0.4) is 0 Å². The molecule has 0 radical (unpaired) electrons. The third kappa shape index (κ3) is 1.93. The molecule has 2 heterocycles. The molecule has 1 saturated carbocycles. The molecule has 0 bridgehead atoms. The number of allylic oxidation sites excluding steroid dienone is 1. The number of hydrogen-bond acceptors (Lipinski definition) is 4. The summed E-state index contributed by atoms with van der Waals surface area (Å²) in [5.74, 6) is 0.458. The fourth-order valence-corrected chi connectivity index (χ4v) is 3.64. The molecule has 0 spiro atoms. The maximum atomic E-state index is 11.7. The molecule has 2 aliphatic heterocycles. The Bertz CT molecular complexity index is 455. The molecule has 4 heteroatoms. The van der Waals surface area contributed by atoms with Gasteiger partial charge in [0.15, 0.2) is 5.78 Å². The minimum absolute atomic E-state index is 0.0245. The van der Waals surface area contributed by atoms with E-state index in [4.69, 9.17) is 9.47 Å². The van der Waals surface area contributed by atoms with Gasteiger partial charge in [0.1, 0.15) is 11.7 Å². The summed E-state index contributed by atoms with van der Waals surface area (Å²) in [5.41, 5.74) is -0.303. The first-order valence-electron chi connectivity index (χ1n) is 7.02. The quantitative estimate of drug-likeness (QED) is 0.434. The Labute approximate surface area is 113 Å². The second-order valence-electron chi connectivity index (χ2n) is 6.20. The van der Waals surface area contributed by atoms with Crippen LogP contribution in [0.5, 0.6) is 0 Å². The van der Waals surface area contributed by atoms with Crippen LogP contribution in [-0.2, 0) is 19.1 Å². The van der Waals surface area contributed by atoms with Gasteiger partial charge in [-0.15, -0.1) is 0 Å². The van der Waals surface area contributed by atoms with Crippen molar-refractivity contribution in [2.24, 2.45) is 17.8 Å². The van der Waals surface area contributed by atoms with E-state index in [0.29, 0.717) is 0 Å². The van der Waals surface area contributed by atoms with Gasteiger partial charge in [-0.05, 0) is 37.8 Å². The predicted octanol–water partition coefficient (Wildman–Crippen LogP) is 1.88. The Kier molecular flexibility index (Phi) is 2.82. The average Bonchev–Trinajstić information content (AvgIpc) is 3.00. The fourth-order valence-electron chi connectivity index (χ4n) is 3.64. The van der Waals surface area contributed by atoms with Crippen LogP contribution in [0.25, 0.3) is 0 Å². The Balaban J connectivity index is 1.81. The zero-order valence-electron chi connectivity index (χ0n) is 11.6. The largest absolute Gasteiger partial charge is 0.462 e. The molecule has 0 amide bonds. The van der Waals surface area contributed by atoms with E-state index in [9.17, 15) is 9.59 Å². The highest BCUT2D eigenvalue weighted by Gasteiger charge is 2.63. The molecule has 6 atom stereocenters. The number of epoxide rings is 1. The molecule has 3 aliphatic rings. The first kappa shape index (κ1) is 12.9. The maximum Gasteiger partial charge on any atom is 0.309 e. The summed E-state index contributed by atoms with van der Waals surface area (Å²) >= 11 is 0. The zero-order chi connectivity index (χ0) is 13.8. The van der Waals surface area contributed by atoms with Crippen molar-refractivity contribution in [3.8, 4) is 0 Å². The van der Waals surface area contributed by atoms with Crippen molar-refractivity contribution in [1.29, 1.82) is 0 Å². The van der Waals surface area contributed by atoms with Crippen LogP contribution in [0.15, 0.2) is 12.2 Å². The lowest BCUT2D eigenvalue weighted by Crippen LogP contribution is -2.25. The van der Waals surface area contributed by atoms with Crippen molar-refractivity contribution < 1.29 is 19.1 Å². The van der Waals surface area contributed by atoms with Gasteiger partial charge in [-0.25, -0.2) is 0 Å². The summed E-state index contributed by atoms with van der Waals surface area (Å²) in [7, 11) is 0. The van der Waals surface area contributed by atoms with Crippen molar-refractivity contribution in [3.63, 3.8) is 0 Å². The monoisotopic (exact) mass is 264 g/mol. The summed E-state index contributed by atoms with van der Waals surface area (Å²) in [6.45, 7) is 5.60. The molecule has 4 nitrogen and oxygen atoms in total. The van der Waals surface area contributed by atoms with E-state index in [0.717, 1.165) is 12.8 Å². The van der Waals surface area contributed by atoms with E-state index < -0.39 is 0 Å². The van der Waals surface area contributed by atoms with Crippen LogP contribution < -0.4 is 0 Å². The van der Waals surface area contributed by atoms with Crippen molar-refractivity contribution in [2.45, 2.75) is 51.4 Å². The SMILES string of the molecule is CC(=O)/C=C/[C@@]12O[C@@H]1C[C@@H]1[C@H](C)C(=O)O[C@@H]1C[C@@H]2C. The van der Waals surface area contributed by atoms with E-state index in [1.54, 1.807) is 13.0 Å². The number of ketones is 1. The van der Waals surface area contributed by atoms with Crippen molar-refractivity contribution >= 4 is 11.8 Å². The molecular formula is C15H20O4. The van der Waals surface area contributed by atoms with Gasteiger partial charge in [0.05, 0.1) is 12.0 Å². The molecule has 0 aromatic rings. The van der Waals surface area contributed by atoms with Gasteiger partial charge in [0, 0.05) is 5.92 Å². The van der Waals surface area contributed by atoms with Gasteiger partial charge in [-0.3, -0.25) is 9.59 Å². The van der Waals surface area contributed by atoms with Gasteiger partial charge in [0.25, 0.3) is 0 Å². The van der Waals surface area contributed by atoms with E-state index in [1.807, 2.05) is 13.0 Å². The Morgan fingerprint density at radius 1 is 1.37 bits per heavy atom. The number of carbonyl (C=O) groups is 2. The second kappa shape index (κ2) is 4.17. The average molecular weight is 264 g/mol. The topological polar surface area (TPSA) is 55.9 Å². The highest BCUT2D eigenvalue weighted by molar-refractivity contribution is 5.87. The molecule has 3 fully saturated rings. The van der Waals surface area contributed by atoms with Crippen molar-refractivity contribution in [1.82, 2.24) is 0 Å². The highest BCUT2D eigenvalue weighted by Crippen LogP contribution is 2.55. The predicted molar refractivity (Wildman–Crippen MR) is 68.4 cm³/mol. The summed E-state index contributed by atoms with van der Waals surface area (Å²) in [4.78, 5) is 22.8. The van der Waals surface area contributed by atoms with E-state index in [1.165, 1.54) is 0 Å². The highest BCUT2D eigenvalue weighted by atomic mass is 16.6. The van der Waals surface area contributed by atoms with Gasteiger partial charge < -0.3 is 9.47 Å². The summed E-state index contributed by atoms with van der Waals surface area (Å²) < 4.78 is 11.4. The van der Waals surface area contributed by atoms with Gasteiger partial charge >= 0.3 is 5.97 Å². The van der Waals surface area contributed by atoms with Crippen LogP contribution in [0, 0.1) is 17.8 Å². The smallest absolute Gasteiger partial charge is 0.309 e. The molecule has 0 unspecified atom stereocenters. The normalized spacial score (nSPS) is 48.4. The second-order valence-corrected chi connectivity index (χ2v) is 6.20. The molecule has 1 aliphatic carbocycles. The van der Waals surface area contributed by atoms with E-state index in [-0.39, 0.29) is 47.3 Å². The lowest BCUT2D eigenvalue weighted by Gasteiger charge is -2.20. The Morgan fingerprint density at radius 3 is 2.79 bits per heavy atom. The molecule has 19 heavy (non-hydrogen) atoms. The molecule has 0 aromatic heterocycles. The van der Waals surface area contributed by atoms with Crippen molar-refractivity contribution in [3.05, 3.63) is 12.2 Å². The standard InChI is InChI=1S/C15H20O4/c1-8-6-12-11(10(3)14(17)18-12)7-13-15(8,19-13)5-4-9(2)16/h4-5,8,10-13H,6-7H2,1-3H3/b5-4+/t8-,10-,11+,12+,13+,15-/m0/s1. The third-order valence-corrected chi connectivity index (χ3v) is 4.97. The molecular weight excluding hydrogens is 244 g/mol. The maximum absolute atomic E-state index is 11.7. The number of esters is 1. The number of fused-ring (bicyclic) bond motifs is 2. The molecule has 2 saturated heterocycles. The van der Waals surface area contributed by atoms with Crippen LogP contribution >= 0.6 is 0 Å². The minimum Gasteiger partial charge on any atom is -0.462 e. The number of rotatable bonds is 2. The van der Waals surface area contributed by atoms with Gasteiger partial charge in [-0.1, -0.05) is 13.8 Å². The first-order chi connectivity index (χ1) is 8.94. The molecule has 3 rings (SSSR count). The lowest BCUT2D eigenvalue weighted by atomic mass is 9.87. The Morgan fingerprint density at radius 2 is 2.11 bits per heavy atom. The lowest BCUT2D eigenvalue weighted by molar-refractivity contribution is -0.144. The van der Waals surface area contributed by atoms with E-state index in [2.05, 4.69) is 6.92 Å². The fraction of sp³-hybridized carbons (Fsp3) is 0.733. The summed E-state index contributed by atoms with van der Waals surface area (Å²) in [6, 6.07) is 0. The summed E-state index contributed by atoms with van der Waals surface area (Å²) in [5, 5.41) is 0. The van der Waals surface area contributed by atoms with Gasteiger partial charge in [0.2, 0.25) is 0 Å². The molecule has 104 valence electrons. The third-order valence-electron chi connectivity index (χ3n) is 4.97. The Hall–Kier alpha value is -1.16. The van der Waals surface area contributed by atoms with Gasteiger partial charge in [-0.2, -0.15) is 0 Å². The van der Waals surface area contributed by atoms with Crippen LogP contribution in [0.1, 0.15) is 33.6 Å². The minimum atomic E-state index is -0.303.